The van der Waals surface area contributed by atoms with E-state index in [1.165, 1.54) is 10.3 Å². The van der Waals surface area contributed by atoms with Gasteiger partial charge in [0.2, 0.25) is 0 Å². The summed E-state index contributed by atoms with van der Waals surface area (Å²) in [6.45, 7) is 6.56. The van der Waals surface area contributed by atoms with Gasteiger partial charge < -0.3 is 9.84 Å². The zero-order valence-corrected chi connectivity index (χ0v) is 14.3. The number of aromatic hydroxyl groups is 1. The van der Waals surface area contributed by atoms with Gasteiger partial charge in [-0.25, -0.2) is 0 Å². The molecule has 0 unspecified atom stereocenters. The molecule has 2 nitrogen and oxygen atoms in total. The predicted molar refractivity (Wildman–Crippen MR) is 93.7 cm³/mol. The third-order valence-electron chi connectivity index (χ3n) is 3.57. The highest BCUT2D eigenvalue weighted by Gasteiger charge is 2.16. The average Bonchev–Trinajstić information content (AvgIpc) is 2.85. The van der Waals surface area contributed by atoms with E-state index in [2.05, 4.69) is 39.0 Å². The first kappa shape index (κ1) is 15.2. The fraction of sp³-hybridized carbons (Fsp3) is 0.222. The molecule has 0 fully saturated rings. The van der Waals surface area contributed by atoms with Crippen LogP contribution < -0.4 is 4.74 Å². The zero-order valence-electron chi connectivity index (χ0n) is 12.7. The van der Waals surface area contributed by atoms with E-state index in [9.17, 15) is 5.11 Å². The van der Waals surface area contributed by atoms with Crippen molar-refractivity contribution in [1.29, 1.82) is 0 Å². The Morgan fingerprint density at radius 2 is 1.86 bits per heavy atom. The van der Waals surface area contributed by atoms with Gasteiger partial charge in [-0.15, -0.1) is 11.3 Å². The molecule has 3 aromatic rings. The molecule has 0 amide bonds. The van der Waals surface area contributed by atoms with Gasteiger partial charge >= 0.3 is 0 Å². The summed E-state index contributed by atoms with van der Waals surface area (Å²) in [5.41, 5.74) is 1.33. The maximum absolute atomic E-state index is 9.68. The minimum absolute atomic E-state index is 0.0223. The molecule has 0 aliphatic carbocycles. The van der Waals surface area contributed by atoms with E-state index in [-0.39, 0.29) is 16.2 Å². The van der Waals surface area contributed by atoms with E-state index >= 15 is 0 Å². The number of phenols is 1. The number of phenolic OH excluding ortho intramolecular Hbond substituents is 1. The molecule has 2 aromatic carbocycles. The van der Waals surface area contributed by atoms with E-state index in [1.54, 1.807) is 29.5 Å². The van der Waals surface area contributed by atoms with Crippen molar-refractivity contribution in [3.05, 3.63) is 52.4 Å². The minimum atomic E-state index is 0.0223. The predicted octanol–water partition coefficient (Wildman–Crippen LogP) is 6.35. The number of benzene rings is 2. The van der Waals surface area contributed by atoms with Crippen molar-refractivity contribution in [2.75, 3.05) is 0 Å². The topological polar surface area (TPSA) is 29.5 Å². The molecular weight excluding hydrogens is 316 g/mol. The second-order valence-electron chi connectivity index (χ2n) is 6.25. The van der Waals surface area contributed by atoms with Crippen LogP contribution in [0.15, 0.2) is 41.8 Å². The number of rotatable bonds is 2. The molecule has 3 rings (SSSR count). The molecule has 1 N–H and O–H groups in total. The van der Waals surface area contributed by atoms with Gasteiger partial charge in [0, 0.05) is 15.5 Å². The Kier molecular flexibility index (Phi) is 3.79. The molecule has 1 heterocycles. The van der Waals surface area contributed by atoms with Gasteiger partial charge in [0.25, 0.3) is 0 Å². The van der Waals surface area contributed by atoms with E-state index < -0.39 is 0 Å². The quantitative estimate of drug-likeness (QED) is 0.592. The highest BCUT2D eigenvalue weighted by atomic mass is 35.5. The highest BCUT2D eigenvalue weighted by Crippen LogP contribution is 2.41. The Bertz CT molecular complexity index is 831. The van der Waals surface area contributed by atoms with Gasteiger partial charge in [-0.1, -0.05) is 44.5 Å². The average molecular weight is 333 g/mol. The van der Waals surface area contributed by atoms with Gasteiger partial charge in [-0.2, -0.15) is 0 Å². The lowest BCUT2D eigenvalue weighted by Gasteiger charge is -2.19. The summed E-state index contributed by atoms with van der Waals surface area (Å²) in [7, 11) is 0. The maximum Gasteiger partial charge on any atom is 0.149 e. The third-order valence-corrected chi connectivity index (χ3v) is 4.89. The molecular formula is C18H17ClO2S. The normalized spacial score (nSPS) is 11.8. The third kappa shape index (κ3) is 2.79. The van der Waals surface area contributed by atoms with Crippen LogP contribution >= 0.6 is 22.9 Å². The van der Waals surface area contributed by atoms with Crippen molar-refractivity contribution in [3.8, 4) is 17.2 Å². The number of ether oxygens (including phenoxy) is 1. The fourth-order valence-corrected chi connectivity index (χ4v) is 3.25. The second kappa shape index (κ2) is 5.49. The zero-order chi connectivity index (χ0) is 15.9. The smallest absolute Gasteiger partial charge is 0.149 e. The van der Waals surface area contributed by atoms with Crippen LogP contribution in [0.1, 0.15) is 26.3 Å². The summed E-state index contributed by atoms with van der Waals surface area (Å²) in [5, 5.41) is 13.0. The number of hydrogen-bond donors (Lipinski definition) is 1. The van der Waals surface area contributed by atoms with Crippen molar-refractivity contribution >= 4 is 33.0 Å². The van der Waals surface area contributed by atoms with Crippen LogP contribution in [0, 0.1) is 0 Å². The van der Waals surface area contributed by atoms with Gasteiger partial charge in [0.05, 0.1) is 0 Å². The Morgan fingerprint density at radius 1 is 1.09 bits per heavy atom. The van der Waals surface area contributed by atoms with Gasteiger partial charge in [0.15, 0.2) is 0 Å². The molecule has 4 heteroatoms. The maximum atomic E-state index is 9.68. The largest absolute Gasteiger partial charge is 0.506 e. The van der Waals surface area contributed by atoms with Gasteiger partial charge in [-0.05, 0) is 35.2 Å². The molecule has 0 radical (unpaired) electrons. The van der Waals surface area contributed by atoms with Crippen LogP contribution in [-0.4, -0.2) is 5.11 Å². The van der Waals surface area contributed by atoms with Crippen molar-refractivity contribution in [3.63, 3.8) is 0 Å². The fourth-order valence-electron chi connectivity index (χ4n) is 2.25. The van der Waals surface area contributed by atoms with E-state index in [0.717, 1.165) is 11.1 Å². The summed E-state index contributed by atoms with van der Waals surface area (Å²) in [6.07, 6.45) is 0. The molecule has 0 bridgehead atoms. The molecule has 0 aliphatic rings. The van der Waals surface area contributed by atoms with E-state index in [0.29, 0.717) is 5.75 Å². The number of halogens is 1. The molecule has 0 saturated heterocycles. The molecule has 22 heavy (non-hydrogen) atoms. The molecule has 0 atom stereocenters. The standard InChI is InChI=1S/C18H17ClO2S/c1-18(2,3)11-7-8-16-12(9-11)15(10-22-16)21-14-6-4-5-13(20)17(14)19/h4-10,20H,1-3H3. The molecule has 0 aliphatic heterocycles. The summed E-state index contributed by atoms with van der Waals surface area (Å²) >= 11 is 7.73. The monoisotopic (exact) mass is 332 g/mol. The van der Waals surface area contributed by atoms with Crippen molar-refractivity contribution in [2.24, 2.45) is 0 Å². The number of fused-ring (bicyclic) bond motifs is 1. The molecule has 114 valence electrons. The Hall–Kier alpha value is -1.71. The van der Waals surface area contributed by atoms with Crippen LogP contribution in [-0.2, 0) is 5.41 Å². The Morgan fingerprint density at radius 3 is 2.59 bits per heavy atom. The lowest BCUT2D eigenvalue weighted by molar-refractivity contribution is 0.458. The van der Waals surface area contributed by atoms with E-state index in [1.807, 2.05) is 5.38 Å². The molecule has 1 aromatic heterocycles. The first-order valence-corrected chi connectivity index (χ1v) is 8.29. The summed E-state index contributed by atoms with van der Waals surface area (Å²) in [6, 6.07) is 11.4. The summed E-state index contributed by atoms with van der Waals surface area (Å²) < 4.78 is 7.10. The number of hydrogen-bond acceptors (Lipinski definition) is 3. The van der Waals surface area contributed by atoms with Crippen molar-refractivity contribution in [1.82, 2.24) is 0 Å². The lowest BCUT2D eigenvalue weighted by atomic mass is 9.86. The minimum Gasteiger partial charge on any atom is -0.506 e. The second-order valence-corrected chi connectivity index (χ2v) is 7.54. The van der Waals surface area contributed by atoms with Crippen LogP contribution in [0.4, 0.5) is 0 Å². The van der Waals surface area contributed by atoms with Crippen LogP contribution in [0.3, 0.4) is 0 Å². The lowest BCUT2D eigenvalue weighted by Crippen LogP contribution is -2.10. The number of thiophene rings is 1. The molecule has 0 spiro atoms. The van der Waals surface area contributed by atoms with Crippen LogP contribution in [0.25, 0.3) is 10.1 Å². The summed E-state index contributed by atoms with van der Waals surface area (Å²) in [5.74, 6) is 1.25. The first-order chi connectivity index (χ1) is 10.4. The van der Waals surface area contributed by atoms with E-state index in [4.69, 9.17) is 16.3 Å². The van der Waals surface area contributed by atoms with Crippen LogP contribution in [0.5, 0.6) is 17.2 Å². The SMILES string of the molecule is CC(C)(C)c1ccc2scc(Oc3cccc(O)c3Cl)c2c1. The highest BCUT2D eigenvalue weighted by molar-refractivity contribution is 7.17. The first-order valence-electron chi connectivity index (χ1n) is 7.03. The van der Waals surface area contributed by atoms with Gasteiger partial charge in [0.1, 0.15) is 22.3 Å². The van der Waals surface area contributed by atoms with Crippen molar-refractivity contribution in [2.45, 2.75) is 26.2 Å². The molecule has 0 saturated carbocycles. The van der Waals surface area contributed by atoms with Crippen LogP contribution in [0.2, 0.25) is 5.02 Å². The summed E-state index contributed by atoms with van der Waals surface area (Å²) in [4.78, 5) is 0. The van der Waals surface area contributed by atoms with Gasteiger partial charge in [-0.3, -0.25) is 0 Å². The Balaban J connectivity index is 2.06. The van der Waals surface area contributed by atoms with Crippen molar-refractivity contribution < 1.29 is 9.84 Å². The Labute approximate surface area is 138 Å².